The van der Waals surface area contributed by atoms with Crippen LogP contribution >= 0.6 is 7.82 Å². The molecule has 25 heavy (non-hydrogen) atoms. The fraction of sp³-hybridized carbons (Fsp3) is 0.824. The van der Waals surface area contributed by atoms with Crippen LogP contribution in [-0.2, 0) is 23.1 Å². The summed E-state index contributed by atoms with van der Waals surface area (Å²) in [4.78, 5) is 22.7. The molecule has 0 rings (SSSR count). The SMILES string of the molecule is C=C(C)C(=O)OCCCCCCCCOP(=O)([O-])OCC[N+](C)(C)C. The lowest BCUT2D eigenvalue weighted by atomic mass is 10.1. The van der Waals surface area contributed by atoms with Crippen molar-refractivity contribution in [2.75, 3.05) is 47.5 Å². The van der Waals surface area contributed by atoms with Gasteiger partial charge < -0.3 is 23.2 Å². The molecule has 8 heteroatoms. The van der Waals surface area contributed by atoms with Gasteiger partial charge in [0.1, 0.15) is 13.2 Å². The van der Waals surface area contributed by atoms with Gasteiger partial charge in [-0.1, -0.05) is 32.3 Å². The molecule has 0 aromatic carbocycles. The van der Waals surface area contributed by atoms with E-state index in [2.05, 4.69) is 6.58 Å². The number of unbranched alkanes of at least 4 members (excludes halogenated alkanes) is 5. The highest BCUT2D eigenvalue weighted by atomic mass is 31.2. The topological polar surface area (TPSA) is 84.9 Å². The molecule has 0 aliphatic carbocycles. The molecule has 7 nitrogen and oxygen atoms in total. The molecule has 0 aliphatic heterocycles. The minimum atomic E-state index is -4.18. The third kappa shape index (κ3) is 16.5. The number of ether oxygens (including phenoxy) is 1. The number of hydrogen-bond donors (Lipinski definition) is 0. The highest BCUT2D eigenvalue weighted by molar-refractivity contribution is 7.45. The predicted molar refractivity (Wildman–Crippen MR) is 95.9 cm³/mol. The summed E-state index contributed by atoms with van der Waals surface area (Å²) in [6.07, 6.45) is 5.37. The van der Waals surface area contributed by atoms with Crippen LogP contribution < -0.4 is 4.89 Å². The van der Waals surface area contributed by atoms with E-state index >= 15 is 0 Å². The Bertz CT molecular complexity index is 447. The Morgan fingerprint density at radius 1 is 0.960 bits per heavy atom. The first-order valence-electron chi connectivity index (χ1n) is 8.77. The van der Waals surface area contributed by atoms with Crippen molar-refractivity contribution in [2.45, 2.75) is 45.4 Å². The number of carbonyl (C=O) groups excluding carboxylic acids is 1. The second kappa shape index (κ2) is 12.6. The molecule has 148 valence electrons. The monoisotopic (exact) mass is 379 g/mol. The smallest absolute Gasteiger partial charge is 0.333 e. The van der Waals surface area contributed by atoms with Crippen LogP contribution in [0, 0.1) is 0 Å². The number of quaternary nitrogens is 1. The Hall–Kier alpha value is -0.720. The largest absolute Gasteiger partial charge is 0.756 e. The van der Waals surface area contributed by atoms with Crippen molar-refractivity contribution >= 4 is 13.8 Å². The molecule has 0 aliphatic rings. The molecule has 0 fully saturated rings. The zero-order valence-electron chi connectivity index (χ0n) is 16.1. The number of phosphoric acid groups is 1. The summed E-state index contributed by atoms with van der Waals surface area (Å²) in [7, 11) is 1.71. The van der Waals surface area contributed by atoms with Gasteiger partial charge in [-0.2, -0.15) is 0 Å². The third-order valence-electron chi connectivity index (χ3n) is 3.38. The summed E-state index contributed by atoms with van der Waals surface area (Å²) in [5, 5.41) is 0. The summed E-state index contributed by atoms with van der Waals surface area (Å²) in [6, 6.07) is 0. The molecule has 0 radical (unpaired) electrons. The second-order valence-electron chi connectivity index (χ2n) is 7.17. The van der Waals surface area contributed by atoms with E-state index in [1.165, 1.54) is 0 Å². The molecule has 0 N–H and O–H groups in total. The molecule has 0 saturated carbocycles. The molecule has 1 unspecified atom stereocenters. The average Bonchev–Trinajstić information content (AvgIpc) is 2.47. The van der Waals surface area contributed by atoms with Gasteiger partial charge >= 0.3 is 5.97 Å². The lowest BCUT2D eigenvalue weighted by Crippen LogP contribution is -2.37. The van der Waals surface area contributed by atoms with Crippen molar-refractivity contribution in [3.8, 4) is 0 Å². The van der Waals surface area contributed by atoms with Gasteiger partial charge in [-0.05, 0) is 19.8 Å². The van der Waals surface area contributed by atoms with E-state index in [4.69, 9.17) is 13.8 Å². The highest BCUT2D eigenvalue weighted by Gasteiger charge is 2.12. The van der Waals surface area contributed by atoms with Crippen molar-refractivity contribution in [3.63, 3.8) is 0 Å². The molecule has 0 amide bonds. The van der Waals surface area contributed by atoms with E-state index < -0.39 is 7.82 Å². The Morgan fingerprint density at radius 3 is 1.96 bits per heavy atom. The Balaban J connectivity index is 3.49. The number of nitrogens with zero attached hydrogens (tertiary/aromatic N) is 1. The average molecular weight is 379 g/mol. The Labute approximate surface area is 152 Å². The molecular formula is C17H34NO6P. The molecule has 0 aromatic rings. The van der Waals surface area contributed by atoms with Crippen LogP contribution in [0.25, 0.3) is 0 Å². The molecule has 0 saturated heterocycles. The van der Waals surface area contributed by atoms with Crippen molar-refractivity contribution in [1.29, 1.82) is 0 Å². The summed E-state index contributed by atoms with van der Waals surface area (Å²) in [5.74, 6) is -0.345. The normalized spacial score (nSPS) is 14.1. The number of likely N-dealkylation sites (N-methyl/N-ethyl adjacent to an activating group) is 1. The number of rotatable bonds is 15. The molecule has 1 atom stereocenters. The maximum Gasteiger partial charge on any atom is 0.333 e. The van der Waals surface area contributed by atoms with Crippen LogP contribution in [0.2, 0.25) is 0 Å². The maximum absolute atomic E-state index is 11.6. The van der Waals surface area contributed by atoms with Gasteiger partial charge in [0.15, 0.2) is 0 Å². The standard InChI is InChI=1S/C17H34NO6P/c1-16(2)17(19)22-13-10-8-6-7-9-11-14-23-25(20,21)24-15-12-18(3,4)5/h1,6-15H2,2-5H3. The summed E-state index contributed by atoms with van der Waals surface area (Å²) in [6.45, 7) is 6.43. The van der Waals surface area contributed by atoms with Gasteiger partial charge in [0, 0.05) is 5.57 Å². The number of phosphoric ester groups is 1. The maximum atomic E-state index is 11.6. The van der Waals surface area contributed by atoms with Gasteiger partial charge in [-0.3, -0.25) is 4.57 Å². The van der Waals surface area contributed by atoms with Crippen LogP contribution in [0.5, 0.6) is 0 Å². The minimum Gasteiger partial charge on any atom is -0.756 e. The van der Waals surface area contributed by atoms with E-state index in [1.54, 1.807) is 6.92 Å². The zero-order chi connectivity index (χ0) is 19.3. The fourth-order valence-electron chi connectivity index (χ4n) is 1.84. The first kappa shape index (κ1) is 24.3. The summed E-state index contributed by atoms with van der Waals surface area (Å²) >= 11 is 0. The third-order valence-corrected chi connectivity index (χ3v) is 4.38. The first-order chi connectivity index (χ1) is 11.5. The summed E-state index contributed by atoms with van der Waals surface area (Å²) in [5.41, 5.74) is 0.414. The van der Waals surface area contributed by atoms with Gasteiger partial charge in [0.2, 0.25) is 0 Å². The number of esters is 1. The van der Waals surface area contributed by atoms with Crippen molar-refractivity contribution < 1.29 is 32.5 Å². The summed E-state index contributed by atoms with van der Waals surface area (Å²) < 4.78 is 26.9. The first-order valence-corrected chi connectivity index (χ1v) is 10.2. The van der Waals surface area contributed by atoms with Crippen LogP contribution in [0.4, 0.5) is 0 Å². The Kier molecular flexibility index (Phi) is 12.2. The zero-order valence-corrected chi connectivity index (χ0v) is 17.0. The molecule has 0 heterocycles. The molecular weight excluding hydrogens is 345 g/mol. The van der Waals surface area contributed by atoms with Crippen molar-refractivity contribution in [2.24, 2.45) is 0 Å². The van der Waals surface area contributed by atoms with Gasteiger partial charge in [0.05, 0.1) is 34.4 Å². The van der Waals surface area contributed by atoms with E-state index in [0.717, 1.165) is 32.1 Å². The fourth-order valence-corrected chi connectivity index (χ4v) is 2.57. The van der Waals surface area contributed by atoms with Gasteiger partial charge in [-0.25, -0.2) is 4.79 Å². The van der Waals surface area contributed by atoms with Crippen molar-refractivity contribution in [1.82, 2.24) is 0 Å². The van der Waals surface area contributed by atoms with E-state index in [1.807, 2.05) is 21.1 Å². The van der Waals surface area contributed by atoms with Gasteiger partial charge in [-0.15, -0.1) is 0 Å². The predicted octanol–water partition coefficient (Wildman–Crippen LogP) is 2.65. The van der Waals surface area contributed by atoms with Crippen LogP contribution in [0.15, 0.2) is 12.2 Å². The van der Waals surface area contributed by atoms with E-state index in [0.29, 0.717) is 29.6 Å². The van der Waals surface area contributed by atoms with Crippen LogP contribution in [0.1, 0.15) is 45.4 Å². The highest BCUT2D eigenvalue weighted by Crippen LogP contribution is 2.38. The van der Waals surface area contributed by atoms with E-state index in [9.17, 15) is 14.3 Å². The van der Waals surface area contributed by atoms with Crippen LogP contribution in [0.3, 0.4) is 0 Å². The number of hydrogen-bond acceptors (Lipinski definition) is 6. The molecule has 0 aromatic heterocycles. The second-order valence-corrected chi connectivity index (χ2v) is 8.58. The van der Waals surface area contributed by atoms with Crippen LogP contribution in [-0.4, -0.2) is 58.0 Å². The van der Waals surface area contributed by atoms with Crippen molar-refractivity contribution in [3.05, 3.63) is 12.2 Å². The lowest BCUT2D eigenvalue weighted by molar-refractivity contribution is -0.870. The molecule has 0 spiro atoms. The van der Waals surface area contributed by atoms with E-state index in [-0.39, 0.29) is 19.2 Å². The lowest BCUT2D eigenvalue weighted by Gasteiger charge is -2.27. The molecule has 0 bridgehead atoms. The van der Waals surface area contributed by atoms with Gasteiger partial charge in [0.25, 0.3) is 7.82 Å². The minimum absolute atomic E-state index is 0.125. The quantitative estimate of drug-likeness (QED) is 0.143. The number of carbonyl (C=O) groups is 1. The Morgan fingerprint density at radius 2 is 1.44 bits per heavy atom.